The van der Waals surface area contributed by atoms with Gasteiger partial charge in [0.1, 0.15) is 5.76 Å². The number of hydrogen-bond acceptors (Lipinski definition) is 5. The standard InChI is InChI=1S/C13H13ClO5/c1-16-10-5-9(13(15)18-3)8-4-7(6-14)19-11(8)12(10)17-2/h4-5H,6H2,1-3H3. The summed E-state index contributed by atoms with van der Waals surface area (Å²) in [6.07, 6.45) is 0. The van der Waals surface area contributed by atoms with Crippen LogP contribution >= 0.6 is 11.6 Å². The molecule has 0 aliphatic heterocycles. The van der Waals surface area contributed by atoms with E-state index in [1.54, 1.807) is 12.1 Å². The molecule has 0 N–H and O–H groups in total. The van der Waals surface area contributed by atoms with Crippen molar-refractivity contribution in [3.63, 3.8) is 0 Å². The molecular weight excluding hydrogens is 272 g/mol. The molecule has 19 heavy (non-hydrogen) atoms. The van der Waals surface area contributed by atoms with E-state index in [1.165, 1.54) is 21.3 Å². The van der Waals surface area contributed by atoms with Gasteiger partial charge in [-0.3, -0.25) is 0 Å². The molecule has 0 spiro atoms. The van der Waals surface area contributed by atoms with E-state index >= 15 is 0 Å². The zero-order valence-electron chi connectivity index (χ0n) is 10.8. The first-order chi connectivity index (χ1) is 9.15. The first kappa shape index (κ1) is 13.5. The van der Waals surface area contributed by atoms with Crippen LogP contribution < -0.4 is 9.47 Å². The maximum absolute atomic E-state index is 11.8. The van der Waals surface area contributed by atoms with Crippen LogP contribution in [0.1, 0.15) is 16.1 Å². The number of carbonyl (C=O) groups excluding carboxylic acids is 1. The molecule has 6 heteroatoms. The topological polar surface area (TPSA) is 57.9 Å². The van der Waals surface area contributed by atoms with Crippen LogP contribution in [-0.2, 0) is 10.6 Å². The zero-order valence-corrected chi connectivity index (χ0v) is 11.5. The number of hydrogen-bond donors (Lipinski definition) is 0. The molecular formula is C13H13ClO5. The van der Waals surface area contributed by atoms with Crippen molar-refractivity contribution in [2.45, 2.75) is 5.88 Å². The molecule has 102 valence electrons. The molecule has 0 fully saturated rings. The minimum absolute atomic E-state index is 0.195. The summed E-state index contributed by atoms with van der Waals surface area (Å²) in [5, 5.41) is 0.583. The largest absolute Gasteiger partial charge is 0.493 e. The van der Waals surface area contributed by atoms with Gasteiger partial charge in [-0.05, 0) is 12.1 Å². The highest BCUT2D eigenvalue weighted by Crippen LogP contribution is 2.40. The van der Waals surface area contributed by atoms with E-state index in [2.05, 4.69) is 0 Å². The van der Waals surface area contributed by atoms with Gasteiger partial charge in [0, 0.05) is 5.39 Å². The molecule has 0 amide bonds. The summed E-state index contributed by atoms with van der Waals surface area (Å²) < 4.78 is 20.8. The molecule has 0 aliphatic rings. The normalized spacial score (nSPS) is 10.5. The molecule has 5 nitrogen and oxygen atoms in total. The summed E-state index contributed by atoms with van der Waals surface area (Å²) in [4.78, 5) is 11.8. The summed E-state index contributed by atoms with van der Waals surface area (Å²) in [7, 11) is 4.29. The van der Waals surface area contributed by atoms with Crippen LogP contribution in [0.25, 0.3) is 11.0 Å². The van der Waals surface area contributed by atoms with Gasteiger partial charge in [-0.1, -0.05) is 0 Å². The van der Waals surface area contributed by atoms with Crippen LogP contribution in [0, 0.1) is 0 Å². The minimum atomic E-state index is -0.479. The van der Waals surface area contributed by atoms with E-state index in [0.717, 1.165) is 0 Å². The predicted octanol–water partition coefficient (Wildman–Crippen LogP) is 2.98. The second-order valence-corrected chi connectivity index (χ2v) is 4.01. The molecule has 0 aliphatic carbocycles. The van der Waals surface area contributed by atoms with Gasteiger partial charge in [-0.15, -0.1) is 11.6 Å². The SMILES string of the molecule is COC(=O)c1cc(OC)c(OC)c2oc(CCl)cc12. The van der Waals surface area contributed by atoms with Gasteiger partial charge in [0.15, 0.2) is 11.3 Å². The first-order valence-corrected chi connectivity index (χ1v) is 6.01. The highest BCUT2D eigenvalue weighted by atomic mass is 35.5. The number of methoxy groups -OCH3 is 3. The van der Waals surface area contributed by atoms with Crippen LogP contribution in [0.5, 0.6) is 11.5 Å². The Morgan fingerprint density at radius 3 is 2.53 bits per heavy atom. The fourth-order valence-electron chi connectivity index (χ4n) is 1.89. The van der Waals surface area contributed by atoms with E-state index in [4.69, 9.17) is 30.2 Å². The lowest BCUT2D eigenvalue weighted by Gasteiger charge is -2.10. The minimum Gasteiger partial charge on any atom is -0.493 e. The number of fused-ring (bicyclic) bond motifs is 1. The van der Waals surface area contributed by atoms with Crippen LogP contribution in [0.2, 0.25) is 0 Å². The highest BCUT2D eigenvalue weighted by Gasteiger charge is 2.22. The third kappa shape index (κ3) is 2.21. The Kier molecular flexibility index (Phi) is 3.85. The van der Waals surface area contributed by atoms with Gasteiger partial charge >= 0.3 is 5.97 Å². The Morgan fingerprint density at radius 2 is 2.00 bits per heavy atom. The van der Waals surface area contributed by atoms with Gasteiger partial charge in [0.2, 0.25) is 5.75 Å². The van der Waals surface area contributed by atoms with Crippen molar-refractivity contribution in [1.29, 1.82) is 0 Å². The lowest BCUT2D eigenvalue weighted by atomic mass is 10.1. The molecule has 2 rings (SSSR count). The molecule has 0 saturated heterocycles. The second-order valence-electron chi connectivity index (χ2n) is 3.74. The van der Waals surface area contributed by atoms with Crippen LogP contribution in [0.3, 0.4) is 0 Å². The molecule has 0 bridgehead atoms. The monoisotopic (exact) mass is 284 g/mol. The second kappa shape index (κ2) is 5.40. The molecule has 1 aromatic heterocycles. The number of carbonyl (C=O) groups is 1. The predicted molar refractivity (Wildman–Crippen MR) is 70.2 cm³/mol. The van der Waals surface area contributed by atoms with Gasteiger partial charge in [0.05, 0.1) is 32.8 Å². The van der Waals surface area contributed by atoms with Crippen LogP contribution in [-0.4, -0.2) is 27.3 Å². The number of benzene rings is 1. The van der Waals surface area contributed by atoms with E-state index in [0.29, 0.717) is 33.8 Å². The Bertz CT molecular complexity index is 617. The van der Waals surface area contributed by atoms with Gasteiger partial charge in [0.25, 0.3) is 0 Å². The molecule has 1 heterocycles. The lowest BCUT2D eigenvalue weighted by Crippen LogP contribution is -2.03. The van der Waals surface area contributed by atoms with Crippen LogP contribution in [0.15, 0.2) is 16.5 Å². The maximum Gasteiger partial charge on any atom is 0.338 e. The summed E-state index contributed by atoms with van der Waals surface area (Å²) in [6.45, 7) is 0. The van der Waals surface area contributed by atoms with Crippen molar-refractivity contribution < 1.29 is 23.4 Å². The van der Waals surface area contributed by atoms with E-state index in [-0.39, 0.29) is 5.88 Å². The average Bonchev–Trinajstić information content (AvgIpc) is 2.88. The molecule has 2 aromatic rings. The number of halogens is 1. The Labute approximate surface area is 115 Å². The fraction of sp³-hybridized carbons (Fsp3) is 0.308. The average molecular weight is 285 g/mol. The number of furan rings is 1. The lowest BCUT2D eigenvalue weighted by molar-refractivity contribution is 0.0602. The highest BCUT2D eigenvalue weighted by molar-refractivity contribution is 6.17. The molecule has 0 unspecified atom stereocenters. The Morgan fingerprint density at radius 1 is 1.26 bits per heavy atom. The molecule has 0 saturated carbocycles. The summed E-state index contributed by atoms with van der Waals surface area (Å²) in [5.41, 5.74) is 0.758. The number of ether oxygens (including phenoxy) is 3. The third-order valence-corrected chi connectivity index (χ3v) is 3.00. The van der Waals surface area contributed by atoms with E-state index in [9.17, 15) is 4.79 Å². The smallest absolute Gasteiger partial charge is 0.338 e. The summed E-state index contributed by atoms with van der Waals surface area (Å²) in [6, 6.07) is 3.25. The third-order valence-electron chi connectivity index (χ3n) is 2.74. The molecule has 1 aromatic carbocycles. The number of alkyl halides is 1. The van der Waals surface area contributed by atoms with Crippen molar-refractivity contribution in [2.24, 2.45) is 0 Å². The van der Waals surface area contributed by atoms with Gasteiger partial charge in [-0.2, -0.15) is 0 Å². The Hall–Kier alpha value is -1.88. The number of esters is 1. The molecule has 0 atom stereocenters. The van der Waals surface area contributed by atoms with Gasteiger partial charge in [-0.25, -0.2) is 4.79 Å². The van der Waals surface area contributed by atoms with Crippen molar-refractivity contribution in [3.05, 3.63) is 23.5 Å². The van der Waals surface area contributed by atoms with Crippen molar-refractivity contribution >= 4 is 28.5 Å². The fourth-order valence-corrected chi connectivity index (χ4v) is 2.02. The van der Waals surface area contributed by atoms with E-state index in [1.807, 2.05) is 0 Å². The summed E-state index contributed by atoms with van der Waals surface area (Å²) in [5.74, 6) is 1.06. The number of rotatable bonds is 4. The van der Waals surface area contributed by atoms with E-state index < -0.39 is 5.97 Å². The Balaban J connectivity index is 2.81. The summed E-state index contributed by atoms with van der Waals surface area (Å²) >= 11 is 5.75. The zero-order chi connectivity index (χ0) is 14.0. The van der Waals surface area contributed by atoms with Crippen molar-refractivity contribution in [1.82, 2.24) is 0 Å². The van der Waals surface area contributed by atoms with Crippen molar-refractivity contribution in [3.8, 4) is 11.5 Å². The van der Waals surface area contributed by atoms with Crippen molar-refractivity contribution in [2.75, 3.05) is 21.3 Å². The molecule has 0 radical (unpaired) electrons. The van der Waals surface area contributed by atoms with Crippen LogP contribution in [0.4, 0.5) is 0 Å². The van der Waals surface area contributed by atoms with Gasteiger partial charge < -0.3 is 18.6 Å². The maximum atomic E-state index is 11.8. The quantitative estimate of drug-likeness (QED) is 0.638. The first-order valence-electron chi connectivity index (χ1n) is 5.48.